The number of para-hydroxylation sites is 1. The molecule has 2 heterocycles. The van der Waals surface area contributed by atoms with Gasteiger partial charge in [0, 0.05) is 34.3 Å². The topological polar surface area (TPSA) is 17.8 Å². The Morgan fingerprint density at radius 1 is 0.690 bits per heavy atom. The molecular weight excluding hydrogens is 352 g/mol. The number of aryl methyl sites for hydroxylation is 2. The van der Waals surface area contributed by atoms with Crippen LogP contribution >= 0.6 is 0 Å². The van der Waals surface area contributed by atoms with Gasteiger partial charge in [0.15, 0.2) is 0 Å². The van der Waals surface area contributed by atoms with E-state index in [0.29, 0.717) is 0 Å². The number of hydrogen-bond acceptors (Lipinski definition) is 1. The average Bonchev–Trinajstić information content (AvgIpc) is 3.07. The summed E-state index contributed by atoms with van der Waals surface area (Å²) in [6.07, 6.45) is 0. The minimum atomic E-state index is 1.04. The molecule has 0 aliphatic rings. The zero-order valence-electron chi connectivity index (χ0n) is 16.5. The summed E-state index contributed by atoms with van der Waals surface area (Å²) in [5, 5.41) is 6.21. The number of aromatic nitrogens is 2. The highest BCUT2D eigenvalue weighted by Gasteiger charge is 2.19. The molecule has 2 heteroatoms. The first-order valence-electron chi connectivity index (χ1n) is 9.98. The lowest BCUT2D eigenvalue weighted by molar-refractivity contribution is 1.02. The molecule has 0 aliphatic heterocycles. The Balaban J connectivity index is 1.92. The molecule has 0 radical (unpaired) electrons. The Bertz CT molecular complexity index is 1550. The van der Waals surface area contributed by atoms with Crippen LogP contribution in [-0.4, -0.2) is 9.55 Å². The van der Waals surface area contributed by atoms with E-state index in [0.717, 1.165) is 16.8 Å². The third-order valence-corrected chi connectivity index (χ3v) is 6.04. The van der Waals surface area contributed by atoms with Gasteiger partial charge in [-0.3, -0.25) is 0 Å². The van der Waals surface area contributed by atoms with Crippen LogP contribution in [0.2, 0.25) is 0 Å². The van der Waals surface area contributed by atoms with E-state index in [1.54, 1.807) is 0 Å². The van der Waals surface area contributed by atoms with Gasteiger partial charge in [-0.05, 0) is 29.8 Å². The van der Waals surface area contributed by atoms with Crippen molar-refractivity contribution in [3.05, 3.63) is 90.5 Å². The first-order chi connectivity index (χ1) is 14.2. The first-order valence-corrected chi connectivity index (χ1v) is 9.98. The second kappa shape index (κ2) is 5.92. The number of hydrogen-bond donors (Lipinski definition) is 0. The summed E-state index contributed by atoms with van der Waals surface area (Å²) in [6.45, 7) is 2.12. The molecule has 2 nitrogen and oxygen atoms in total. The predicted molar refractivity (Wildman–Crippen MR) is 123 cm³/mol. The van der Waals surface area contributed by atoms with E-state index in [1.807, 2.05) is 0 Å². The van der Waals surface area contributed by atoms with E-state index in [1.165, 1.54) is 43.5 Å². The molecule has 6 rings (SSSR count). The smallest absolute Gasteiger partial charge is 0.0809 e. The van der Waals surface area contributed by atoms with Gasteiger partial charge in [-0.15, -0.1) is 0 Å². The molecule has 0 spiro atoms. The molecule has 29 heavy (non-hydrogen) atoms. The molecule has 0 N–H and O–H groups in total. The fourth-order valence-corrected chi connectivity index (χ4v) is 4.62. The Kier molecular flexibility index (Phi) is 3.33. The van der Waals surface area contributed by atoms with E-state index >= 15 is 0 Å². The van der Waals surface area contributed by atoms with Gasteiger partial charge in [0.25, 0.3) is 0 Å². The fraction of sp³-hybridized carbons (Fsp3) is 0.0741. The number of rotatable bonds is 1. The Labute approximate surface area is 169 Å². The highest BCUT2D eigenvalue weighted by molar-refractivity contribution is 6.26. The minimum absolute atomic E-state index is 1.04. The molecule has 4 aromatic carbocycles. The summed E-state index contributed by atoms with van der Waals surface area (Å²) in [6, 6.07) is 30.3. The fourth-order valence-electron chi connectivity index (χ4n) is 4.62. The van der Waals surface area contributed by atoms with E-state index in [4.69, 9.17) is 4.98 Å². The third kappa shape index (κ3) is 2.26. The van der Waals surface area contributed by atoms with Crippen LogP contribution in [0, 0.1) is 6.92 Å². The molecule has 0 aliphatic carbocycles. The zero-order valence-corrected chi connectivity index (χ0v) is 16.5. The molecule has 2 aromatic heterocycles. The van der Waals surface area contributed by atoms with Gasteiger partial charge in [-0.25, -0.2) is 4.98 Å². The van der Waals surface area contributed by atoms with Crippen molar-refractivity contribution in [2.75, 3.05) is 0 Å². The lowest BCUT2D eigenvalue weighted by Crippen LogP contribution is -1.93. The molecular formula is C27H20N2. The standard InChI is InChI=1S/C27H20N2/c1-17-11-13-19(14-12-17)26-25-21-9-5-6-10-23(21)29(2)27(25)24-20-8-4-3-7-18(20)15-16-22(24)28-26/h3-16H,1-2H3. The van der Waals surface area contributed by atoms with Crippen LogP contribution in [-0.2, 0) is 7.05 Å². The molecule has 0 saturated heterocycles. The van der Waals surface area contributed by atoms with Crippen LogP contribution in [0.5, 0.6) is 0 Å². The largest absolute Gasteiger partial charge is 0.343 e. The quantitative estimate of drug-likeness (QED) is 0.284. The number of benzene rings is 4. The van der Waals surface area contributed by atoms with Crippen LogP contribution in [0.15, 0.2) is 84.9 Å². The Morgan fingerprint density at radius 3 is 2.24 bits per heavy atom. The van der Waals surface area contributed by atoms with Gasteiger partial charge in [0.1, 0.15) is 0 Å². The molecule has 0 atom stereocenters. The summed E-state index contributed by atoms with van der Waals surface area (Å²) >= 11 is 0. The Morgan fingerprint density at radius 2 is 1.41 bits per heavy atom. The van der Waals surface area contributed by atoms with Crippen molar-refractivity contribution in [1.29, 1.82) is 0 Å². The van der Waals surface area contributed by atoms with E-state index < -0.39 is 0 Å². The van der Waals surface area contributed by atoms with Crippen LogP contribution in [0.3, 0.4) is 0 Å². The van der Waals surface area contributed by atoms with Crippen molar-refractivity contribution in [3.8, 4) is 11.3 Å². The summed E-state index contributed by atoms with van der Waals surface area (Å²) in [7, 11) is 2.17. The summed E-state index contributed by atoms with van der Waals surface area (Å²) < 4.78 is 2.33. The maximum Gasteiger partial charge on any atom is 0.0809 e. The third-order valence-electron chi connectivity index (χ3n) is 6.04. The molecule has 0 bridgehead atoms. The first kappa shape index (κ1) is 16.3. The van der Waals surface area contributed by atoms with E-state index in [-0.39, 0.29) is 0 Å². The molecule has 6 aromatic rings. The number of pyridine rings is 1. The van der Waals surface area contributed by atoms with Crippen LogP contribution in [0.4, 0.5) is 0 Å². The molecule has 0 unspecified atom stereocenters. The predicted octanol–water partition coefficient (Wildman–Crippen LogP) is 7.01. The molecule has 0 saturated carbocycles. The van der Waals surface area contributed by atoms with Crippen molar-refractivity contribution < 1.29 is 0 Å². The number of fused-ring (bicyclic) bond motifs is 7. The van der Waals surface area contributed by atoms with Crippen LogP contribution in [0.1, 0.15) is 5.56 Å². The van der Waals surface area contributed by atoms with Gasteiger partial charge in [0.2, 0.25) is 0 Å². The van der Waals surface area contributed by atoms with Gasteiger partial charge >= 0.3 is 0 Å². The van der Waals surface area contributed by atoms with Crippen molar-refractivity contribution in [1.82, 2.24) is 9.55 Å². The van der Waals surface area contributed by atoms with Gasteiger partial charge < -0.3 is 4.57 Å². The molecule has 138 valence electrons. The van der Waals surface area contributed by atoms with Crippen molar-refractivity contribution in [2.45, 2.75) is 6.92 Å². The van der Waals surface area contributed by atoms with Crippen molar-refractivity contribution >= 4 is 43.5 Å². The normalized spacial score (nSPS) is 11.8. The van der Waals surface area contributed by atoms with Gasteiger partial charge in [0.05, 0.1) is 16.7 Å². The van der Waals surface area contributed by atoms with Crippen molar-refractivity contribution in [2.24, 2.45) is 7.05 Å². The van der Waals surface area contributed by atoms with Gasteiger partial charge in [-0.1, -0.05) is 78.4 Å². The Hall–Kier alpha value is -3.65. The maximum absolute atomic E-state index is 5.20. The SMILES string of the molecule is Cc1ccc(-c2nc3ccc4ccccc4c3c3c2c2ccccc2n3C)cc1. The average molecular weight is 372 g/mol. The van der Waals surface area contributed by atoms with Crippen LogP contribution < -0.4 is 0 Å². The second-order valence-electron chi connectivity index (χ2n) is 7.81. The lowest BCUT2D eigenvalue weighted by atomic mass is 9.98. The molecule has 0 amide bonds. The lowest BCUT2D eigenvalue weighted by Gasteiger charge is -2.11. The molecule has 0 fully saturated rings. The second-order valence-corrected chi connectivity index (χ2v) is 7.81. The summed E-state index contributed by atoms with van der Waals surface area (Å²) in [5.74, 6) is 0. The highest BCUT2D eigenvalue weighted by atomic mass is 14.9. The monoisotopic (exact) mass is 372 g/mol. The number of nitrogens with zero attached hydrogens (tertiary/aromatic N) is 2. The van der Waals surface area contributed by atoms with Gasteiger partial charge in [-0.2, -0.15) is 0 Å². The van der Waals surface area contributed by atoms with Crippen molar-refractivity contribution in [3.63, 3.8) is 0 Å². The summed E-state index contributed by atoms with van der Waals surface area (Å²) in [5.41, 5.74) is 7.00. The van der Waals surface area contributed by atoms with E-state index in [9.17, 15) is 0 Å². The van der Waals surface area contributed by atoms with E-state index in [2.05, 4.69) is 103 Å². The highest BCUT2D eigenvalue weighted by Crippen LogP contribution is 2.41. The summed E-state index contributed by atoms with van der Waals surface area (Å²) in [4.78, 5) is 5.20. The maximum atomic E-state index is 5.20. The minimum Gasteiger partial charge on any atom is -0.343 e. The zero-order chi connectivity index (χ0) is 19.5. The van der Waals surface area contributed by atoms with Crippen LogP contribution in [0.25, 0.3) is 54.7 Å².